The summed E-state index contributed by atoms with van der Waals surface area (Å²) in [6.07, 6.45) is 1.77. The number of aromatic nitrogens is 1. The molecule has 3 aromatic rings. The van der Waals surface area contributed by atoms with E-state index < -0.39 is 0 Å². The molecule has 1 aromatic heterocycles. The second-order valence-corrected chi connectivity index (χ2v) is 4.94. The summed E-state index contributed by atoms with van der Waals surface area (Å²) in [6, 6.07) is 16.9. The lowest BCUT2D eigenvalue weighted by Gasteiger charge is -2.10. The number of halogens is 1. The number of nitriles is 1. The normalized spacial score (nSPS) is 10.3. The fourth-order valence-electron chi connectivity index (χ4n) is 2.12. The minimum atomic E-state index is 0.397. The lowest BCUT2D eigenvalue weighted by atomic mass is 10.1. The molecule has 2 aromatic carbocycles. The van der Waals surface area contributed by atoms with Crippen LogP contribution < -0.4 is 4.74 Å². The smallest absolute Gasteiger partial charge is 0.138 e. The molecule has 3 rings (SSSR count). The highest BCUT2D eigenvalue weighted by Crippen LogP contribution is 2.27. The van der Waals surface area contributed by atoms with E-state index in [0.717, 1.165) is 16.5 Å². The molecule has 21 heavy (non-hydrogen) atoms. The maximum Gasteiger partial charge on any atom is 0.138 e. The quantitative estimate of drug-likeness (QED) is 0.722. The lowest BCUT2D eigenvalue weighted by molar-refractivity contribution is 0.308. The van der Waals surface area contributed by atoms with Crippen LogP contribution >= 0.6 is 11.6 Å². The van der Waals surface area contributed by atoms with Gasteiger partial charge in [0, 0.05) is 17.1 Å². The number of fused-ring (bicyclic) bond motifs is 1. The Morgan fingerprint density at radius 2 is 2.00 bits per heavy atom. The molecule has 0 atom stereocenters. The first-order valence-electron chi connectivity index (χ1n) is 6.43. The summed E-state index contributed by atoms with van der Waals surface area (Å²) in [6.45, 7) is 0.397. The van der Waals surface area contributed by atoms with Crippen LogP contribution in [0.1, 0.15) is 11.1 Å². The standard InChI is InChI=1S/C17H11ClN2O/c18-15-9-12(10-19)5-6-17(15)21-11-13-7-8-20-16-4-2-1-3-14(13)16/h1-9H,11H2. The Kier molecular flexibility index (Phi) is 3.72. The highest BCUT2D eigenvalue weighted by Gasteiger charge is 2.06. The maximum absolute atomic E-state index is 8.82. The Balaban J connectivity index is 1.86. The molecule has 0 spiro atoms. The lowest BCUT2D eigenvalue weighted by Crippen LogP contribution is -1.98. The minimum Gasteiger partial charge on any atom is -0.487 e. The number of benzene rings is 2. The SMILES string of the molecule is N#Cc1ccc(OCc2ccnc3ccccc23)c(Cl)c1. The van der Waals surface area contributed by atoms with Gasteiger partial charge in [-0.25, -0.2) is 0 Å². The van der Waals surface area contributed by atoms with Gasteiger partial charge in [-0.2, -0.15) is 5.26 Å². The molecule has 0 aliphatic rings. The molecular formula is C17H11ClN2O. The van der Waals surface area contributed by atoms with E-state index in [0.29, 0.717) is 22.9 Å². The number of para-hydroxylation sites is 1. The van der Waals surface area contributed by atoms with Crippen LogP contribution in [-0.2, 0) is 6.61 Å². The predicted molar refractivity (Wildman–Crippen MR) is 82.2 cm³/mol. The van der Waals surface area contributed by atoms with Gasteiger partial charge in [0.1, 0.15) is 12.4 Å². The number of pyridine rings is 1. The molecule has 0 aliphatic heterocycles. The molecule has 0 radical (unpaired) electrons. The zero-order valence-corrected chi connectivity index (χ0v) is 11.8. The summed E-state index contributed by atoms with van der Waals surface area (Å²) in [5.41, 5.74) is 2.49. The van der Waals surface area contributed by atoms with Crippen LogP contribution in [0.3, 0.4) is 0 Å². The highest BCUT2D eigenvalue weighted by atomic mass is 35.5. The summed E-state index contributed by atoms with van der Waals surface area (Å²) in [5.74, 6) is 0.566. The van der Waals surface area contributed by atoms with E-state index in [1.54, 1.807) is 24.4 Å². The zero-order chi connectivity index (χ0) is 14.7. The maximum atomic E-state index is 8.82. The fourth-order valence-corrected chi connectivity index (χ4v) is 2.36. The van der Waals surface area contributed by atoms with Crippen molar-refractivity contribution >= 4 is 22.5 Å². The molecule has 0 unspecified atom stereocenters. The van der Waals surface area contributed by atoms with E-state index in [2.05, 4.69) is 4.98 Å². The molecule has 0 fully saturated rings. The van der Waals surface area contributed by atoms with Crippen molar-refractivity contribution in [1.82, 2.24) is 4.98 Å². The minimum absolute atomic E-state index is 0.397. The Hall–Kier alpha value is -2.57. The van der Waals surface area contributed by atoms with Crippen molar-refractivity contribution in [3.8, 4) is 11.8 Å². The fraction of sp³-hybridized carbons (Fsp3) is 0.0588. The Labute approximate surface area is 127 Å². The van der Waals surface area contributed by atoms with Crippen LogP contribution in [0.2, 0.25) is 5.02 Å². The van der Waals surface area contributed by atoms with E-state index in [-0.39, 0.29) is 0 Å². The van der Waals surface area contributed by atoms with Crippen molar-refractivity contribution in [1.29, 1.82) is 5.26 Å². The average molecular weight is 295 g/mol. The van der Waals surface area contributed by atoms with Gasteiger partial charge >= 0.3 is 0 Å². The third-order valence-electron chi connectivity index (χ3n) is 3.18. The number of ether oxygens (including phenoxy) is 1. The third-order valence-corrected chi connectivity index (χ3v) is 3.48. The van der Waals surface area contributed by atoms with Gasteiger partial charge in [-0.15, -0.1) is 0 Å². The van der Waals surface area contributed by atoms with Crippen molar-refractivity contribution in [2.45, 2.75) is 6.61 Å². The van der Waals surface area contributed by atoms with Crippen LogP contribution in [0.4, 0.5) is 0 Å². The second kappa shape index (κ2) is 5.82. The molecule has 0 amide bonds. The van der Waals surface area contributed by atoms with Gasteiger partial charge < -0.3 is 4.74 Å². The molecule has 102 valence electrons. The average Bonchev–Trinajstić information content (AvgIpc) is 2.53. The molecule has 0 N–H and O–H groups in total. The highest BCUT2D eigenvalue weighted by molar-refractivity contribution is 6.32. The van der Waals surface area contributed by atoms with Crippen LogP contribution in [0.25, 0.3) is 10.9 Å². The Morgan fingerprint density at radius 1 is 1.14 bits per heavy atom. The molecule has 0 bridgehead atoms. The van der Waals surface area contributed by atoms with E-state index in [1.165, 1.54) is 0 Å². The topological polar surface area (TPSA) is 45.9 Å². The zero-order valence-electron chi connectivity index (χ0n) is 11.1. The first-order chi connectivity index (χ1) is 10.3. The van der Waals surface area contributed by atoms with Gasteiger partial charge in [0.15, 0.2) is 0 Å². The Bertz CT molecular complexity index is 834. The van der Waals surface area contributed by atoms with E-state index in [4.69, 9.17) is 21.6 Å². The van der Waals surface area contributed by atoms with Gasteiger partial charge in [-0.05, 0) is 30.3 Å². The monoisotopic (exact) mass is 294 g/mol. The summed E-state index contributed by atoms with van der Waals surface area (Å²) < 4.78 is 5.76. The third kappa shape index (κ3) is 2.81. The first-order valence-corrected chi connectivity index (χ1v) is 6.81. The molecular weight excluding hydrogens is 284 g/mol. The summed E-state index contributed by atoms with van der Waals surface area (Å²) in [7, 11) is 0. The summed E-state index contributed by atoms with van der Waals surface area (Å²) >= 11 is 6.10. The van der Waals surface area contributed by atoms with Gasteiger partial charge in [-0.3, -0.25) is 4.98 Å². The number of hydrogen-bond donors (Lipinski definition) is 0. The van der Waals surface area contributed by atoms with Crippen molar-refractivity contribution in [2.24, 2.45) is 0 Å². The molecule has 0 aliphatic carbocycles. The van der Waals surface area contributed by atoms with Gasteiger partial charge in [0.05, 0.1) is 22.2 Å². The van der Waals surface area contributed by atoms with E-state index in [9.17, 15) is 0 Å². The van der Waals surface area contributed by atoms with Crippen molar-refractivity contribution in [3.63, 3.8) is 0 Å². The summed E-state index contributed by atoms with van der Waals surface area (Å²) in [5, 5.41) is 10.3. The van der Waals surface area contributed by atoms with Crippen LogP contribution in [0, 0.1) is 11.3 Å². The van der Waals surface area contributed by atoms with E-state index in [1.807, 2.05) is 36.4 Å². The number of hydrogen-bond acceptors (Lipinski definition) is 3. The van der Waals surface area contributed by atoms with Crippen molar-refractivity contribution in [3.05, 3.63) is 70.9 Å². The van der Waals surface area contributed by atoms with Crippen LogP contribution in [0.15, 0.2) is 54.7 Å². The largest absolute Gasteiger partial charge is 0.487 e. The van der Waals surface area contributed by atoms with Gasteiger partial charge in [-0.1, -0.05) is 29.8 Å². The molecule has 0 saturated heterocycles. The number of rotatable bonds is 3. The van der Waals surface area contributed by atoms with Gasteiger partial charge in [0.25, 0.3) is 0 Å². The van der Waals surface area contributed by atoms with Crippen molar-refractivity contribution < 1.29 is 4.74 Å². The van der Waals surface area contributed by atoms with E-state index >= 15 is 0 Å². The predicted octanol–water partition coefficient (Wildman–Crippen LogP) is 4.34. The molecule has 1 heterocycles. The van der Waals surface area contributed by atoms with Crippen LogP contribution in [-0.4, -0.2) is 4.98 Å². The molecule has 0 saturated carbocycles. The van der Waals surface area contributed by atoms with Gasteiger partial charge in [0.2, 0.25) is 0 Å². The van der Waals surface area contributed by atoms with Crippen molar-refractivity contribution in [2.75, 3.05) is 0 Å². The number of nitrogens with zero attached hydrogens (tertiary/aromatic N) is 2. The summed E-state index contributed by atoms with van der Waals surface area (Å²) in [4.78, 5) is 4.32. The molecule has 4 heteroatoms. The van der Waals surface area contributed by atoms with Crippen LogP contribution in [0.5, 0.6) is 5.75 Å². The Morgan fingerprint density at radius 3 is 2.81 bits per heavy atom. The molecule has 3 nitrogen and oxygen atoms in total. The first kappa shape index (κ1) is 13.4. The second-order valence-electron chi connectivity index (χ2n) is 4.53.